The molecule has 0 radical (unpaired) electrons. The molecular formula is C17H18F3N3O2. The van der Waals surface area contributed by atoms with Crippen LogP contribution in [0.5, 0.6) is 0 Å². The molecule has 1 saturated carbocycles. The molecule has 1 N–H and O–H groups in total. The molecule has 0 spiro atoms. The molecule has 0 unspecified atom stereocenters. The van der Waals surface area contributed by atoms with Gasteiger partial charge in [0, 0.05) is 31.4 Å². The van der Waals surface area contributed by atoms with Crippen LogP contribution in [0.2, 0.25) is 0 Å². The highest BCUT2D eigenvalue weighted by molar-refractivity contribution is 5.82. The molecule has 0 bridgehead atoms. The molecule has 1 aliphatic rings. The third-order valence-corrected chi connectivity index (χ3v) is 4.17. The van der Waals surface area contributed by atoms with E-state index in [1.165, 1.54) is 0 Å². The highest BCUT2D eigenvalue weighted by atomic mass is 19.4. The Morgan fingerprint density at radius 3 is 2.48 bits per heavy atom. The SMILES string of the molecule is Cn1cc(CN(C(=O)[C@H](O)c2ccc(C(F)(F)F)cc2)C2CC2)cn1. The van der Waals surface area contributed by atoms with Crippen molar-refractivity contribution >= 4 is 5.91 Å². The molecule has 3 rings (SSSR count). The van der Waals surface area contributed by atoms with E-state index in [0.717, 1.165) is 42.7 Å². The Balaban J connectivity index is 1.75. The third kappa shape index (κ3) is 4.01. The summed E-state index contributed by atoms with van der Waals surface area (Å²) in [5.41, 5.74) is 0.169. The van der Waals surface area contributed by atoms with Crippen LogP contribution in [-0.4, -0.2) is 31.7 Å². The molecule has 1 fully saturated rings. The molecule has 1 atom stereocenters. The summed E-state index contributed by atoms with van der Waals surface area (Å²) < 4.78 is 39.5. The molecule has 0 saturated heterocycles. The topological polar surface area (TPSA) is 58.4 Å². The van der Waals surface area contributed by atoms with Gasteiger partial charge in [0.25, 0.3) is 5.91 Å². The number of carbonyl (C=O) groups is 1. The van der Waals surface area contributed by atoms with E-state index in [1.54, 1.807) is 29.0 Å². The minimum atomic E-state index is -4.45. The fourth-order valence-corrected chi connectivity index (χ4v) is 2.68. The van der Waals surface area contributed by atoms with Gasteiger partial charge in [0.05, 0.1) is 11.8 Å². The maximum Gasteiger partial charge on any atom is 0.416 e. The van der Waals surface area contributed by atoms with Crippen molar-refractivity contribution in [1.29, 1.82) is 0 Å². The molecule has 8 heteroatoms. The van der Waals surface area contributed by atoms with E-state index in [4.69, 9.17) is 0 Å². The average molecular weight is 353 g/mol. The lowest BCUT2D eigenvalue weighted by Crippen LogP contribution is -2.36. The van der Waals surface area contributed by atoms with Crippen molar-refractivity contribution in [2.45, 2.75) is 37.7 Å². The molecular weight excluding hydrogens is 335 g/mol. The zero-order valence-electron chi connectivity index (χ0n) is 13.6. The summed E-state index contributed by atoms with van der Waals surface area (Å²) in [4.78, 5) is 14.2. The second kappa shape index (κ2) is 6.51. The molecule has 134 valence electrons. The predicted molar refractivity (Wildman–Crippen MR) is 83.2 cm³/mol. The Morgan fingerprint density at radius 2 is 2.00 bits per heavy atom. The molecule has 1 aliphatic carbocycles. The Morgan fingerprint density at radius 1 is 1.36 bits per heavy atom. The Bertz CT molecular complexity index is 751. The first kappa shape index (κ1) is 17.5. The van der Waals surface area contributed by atoms with Crippen LogP contribution in [0.15, 0.2) is 36.7 Å². The fraction of sp³-hybridized carbons (Fsp3) is 0.412. The van der Waals surface area contributed by atoms with E-state index in [-0.39, 0.29) is 11.6 Å². The van der Waals surface area contributed by atoms with Crippen LogP contribution in [-0.2, 0) is 24.6 Å². The lowest BCUT2D eigenvalue weighted by Gasteiger charge is -2.25. The normalized spacial score (nSPS) is 15.9. The minimum Gasteiger partial charge on any atom is -0.378 e. The predicted octanol–water partition coefficient (Wildman–Crippen LogP) is 2.66. The van der Waals surface area contributed by atoms with Gasteiger partial charge >= 0.3 is 6.18 Å². The second-order valence-corrected chi connectivity index (χ2v) is 6.24. The van der Waals surface area contributed by atoms with Crippen LogP contribution in [0, 0.1) is 0 Å². The van der Waals surface area contributed by atoms with E-state index >= 15 is 0 Å². The number of halogens is 3. The van der Waals surface area contributed by atoms with E-state index < -0.39 is 23.8 Å². The largest absolute Gasteiger partial charge is 0.416 e. The number of aryl methyl sites for hydroxylation is 1. The summed E-state index contributed by atoms with van der Waals surface area (Å²) in [6.07, 6.45) is -0.800. The molecule has 1 aromatic carbocycles. The summed E-state index contributed by atoms with van der Waals surface area (Å²) in [7, 11) is 1.77. The molecule has 5 nitrogen and oxygen atoms in total. The number of amides is 1. The second-order valence-electron chi connectivity index (χ2n) is 6.24. The molecule has 1 heterocycles. The number of aliphatic hydroxyl groups is 1. The van der Waals surface area contributed by atoms with Crippen LogP contribution < -0.4 is 0 Å². The van der Waals surface area contributed by atoms with Crippen LogP contribution >= 0.6 is 0 Å². The number of aromatic nitrogens is 2. The first-order valence-corrected chi connectivity index (χ1v) is 7.89. The van der Waals surface area contributed by atoms with Gasteiger partial charge in [-0.2, -0.15) is 18.3 Å². The number of hydrogen-bond acceptors (Lipinski definition) is 3. The maximum absolute atomic E-state index is 12.6. The fourth-order valence-electron chi connectivity index (χ4n) is 2.68. The van der Waals surface area contributed by atoms with Crippen molar-refractivity contribution in [3.63, 3.8) is 0 Å². The van der Waals surface area contributed by atoms with Crippen molar-refractivity contribution in [3.05, 3.63) is 53.3 Å². The first-order chi connectivity index (χ1) is 11.8. The Kier molecular flexibility index (Phi) is 4.55. The van der Waals surface area contributed by atoms with Gasteiger partial charge in [-0.1, -0.05) is 12.1 Å². The summed E-state index contributed by atoms with van der Waals surface area (Å²) in [6, 6.07) is 4.07. The molecule has 2 aromatic rings. The monoisotopic (exact) mass is 353 g/mol. The van der Waals surface area contributed by atoms with Gasteiger partial charge in [0.2, 0.25) is 0 Å². The lowest BCUT2D eigenvalue weighted by atomic mass is 10.1. The summed E-state index contributed by atoms with van der Waals surface area (Å²) >= 11 is 0. The lowest BCUT2D eigenvalue weighted by molar-refractivity contribution is -0.141. The zero-order chi connectivity index (χ0) is 18.2. The van der Waals surface area contributed by atoms with Crippen molar-refractivity contribution in [1.82, 2.24) is 14.7 Å². The molecule has 0 aliphatic heterocycles. The van der Waals surface area contributed by atoms with Crippen LogP contribution in [0.4, 0.5) is 13.2 Å². The standard InChI is InChI=1S/C17H18F3N3O2/c1-22-9-11(8-21-22)10-23(14-6-7-14)16(25)15(24)12-2-4-13(5-3-12)17(18,19)20/h2-5,8-9,14-15,24H,6-7,10H2,1H3/t15-/m1/s1. The highest BCUT2D eigenvalue weighted by Crippen LogP contribution is 2.33. The number of hydrogen-bond donors (Lipinski definition) is 1. The van der Waals surface area contributed by atoms with Crippen molar-refractivity contribution in [2.24, 2.45) is 7.05 Å². The van der Waals surface area contributed by atoms with Crippen molar-refractivity contribution in [2.75, 3.05) is 0 Å². The van der Waals surface area contributed by atoms with Gasteiger partial charge < -0.3 is 10.0 Å². The van der Waals surface area contributed by atoms with Gasteiger partial charge in [-0.3, -0.25) is 9.48 Å². The minimum absolute atomic E-state index is 0.0526. The summed E-state index contributed by atoms with van der Waals surface area (Å²) in [5, 5.41) is 14.4. The number of carbonyl (C=O) groups excluding carboxylic acids is 1. The third-order valence-electron chi connectivity index (χ3n) is 4.17. The number of rotatable bonds is 5. The van der Waals surface area contributed by atoms with E-state index in [2.05, 4.69) is 5.10 Å². The van der Waals surface area contributed by atoms with Crippen LogP contribution in [0.25, 0.3) is 0 Å². The average Bonchev–Trinajstić information content (AvgIpc) is 3.33. The van der Waals surface area contributed by atoms with Gasteiger partial charge in [-0.05, 0) is 30.5 Å². The number of alkyl halides is 3. The summed E-state index contributed by atoms with van der Waals surface area (Å²) in [6.45, 7) is 0.315. The number of aliphatic hydroxyl groups excluding tert-OH is 1. The first-order valence-electron chi connectivity index (χ1n) is 7.89. The van der Waals surface area contributed by atoms with Crippen molar-refractivity contribution < 1.29 is 23.1 Å². The Labute approximate surface area is 142 Å². The van der Waals surface area contributed by atoms with E-state index in [0.29, 0.717) is 6.54 Å². The zero-order valence-corrected chi connectivity index (χ0v) is 13.6. The van der Waals surface area contributed by atoms with Gasteiger partial charge in [-0.25, -0.2) is 0 Å². The smallest absolute Gasteiger partial charge is 0.378 e. The molecule has 1 amide bonds. The van der Waals surface area contributed by atoms with E-state index in [9.17, 15) is 23.1 Å². The molecule has 1 aromatic heterocycles. The van der Waals surface area contributed by atoms with Crippen molar-refractivity contribution in [3.8, 4) is 0 Å². The number of nitrogens with zero attached hydrogens (tertiary/aromatic N) is 3. The Hall–Kier alpha value is -2.35. The van der Waals surface area contributed by atoms with Gasteiger partial charge in [-0.15, -0.1) is 0 Å². The maximum atomic E-state index is 12.6. The summed E-state index contributed by atoms with van der Waals surface area (Å²) in [5.74, 6) is -0.508. The molecule has 25 heavy (non-hydrogen) atoms. The van der Waals surface area contributed by atoms with Gasteiger partial charge in [0.1, 0.15) is 0 Å². The number of benzene rings is 1. The van der Waals surface area contributed by atoms with Crippen LogP contribution in [0.3, 0.4) is 0 Å². The van der Waals surface area contributed by atoms with Crippen LogP contribution in [0.1, 0.15) is 35.6 Å². The van der Waals surface area contributed by atoms with Gasteiger partial charge in [0.15, 0.2) is 6.10 Å². The van der Waals surface area contributed by atoms with E-state index in [1.807, 2.05) is 0 Å². The highest BCUT2D eigenvalue weighted by Gasteiger charge is 2.36. The quantitative estimate of drug-likeness (QED) is 0.899.